The number of hydrogen-bond donors (Lipinski definition) is 0. The Kier molecular flexibility index (Phi) is 4.79. The highest BCUT2D eigenvalue weighted by atomic mass is 14.5. The fraction of sp³-hybridized carbons (Fsp3) is 1.00. The Morgan fingerprint density at radius 2 is 1.55 bits per heavy atom. The minimum absolute atomic E-state index is 0. The van der Waals surface area contributed by atoms with Crippen molar-refractivity contribution < 1.29 is 0 Å². The van der Waals surface area contributed by atoms with Crippen LogP contribution in [0.3, 0.4) is 0 Å². The molecule has 0 aromatic heterocycles. The van der Waals surface area contributed by atoms with Gasteiger partial charge in [-0.05, 0) is 37.0 Å². The first-order valence-electron chi connectivity index (χ1n) is 4.86. The lowest BCUT2D eigenvalue weighted by atomic mass is 9.91. The summed E-state index contributed by atoms with van der Waals surface area (Å²) in [5.41, 5.74) is 0. The van der Waals surface area contributed by atoms with Crippen LogP contribution in [0.5, 0.6) is 0 Å². The van der Waals surface area contributed by atoms with Gasteiger partial charge in [-0.25, -0.2) is 0 Å². The smallest absolute Gasteiger partial charge is 0.0380 e. The quantitative estimate of drug-likeness (QED) is 0.495. The molecule has 2 fully saturated rings. The fourth-order valence-corrected chi connectivity index (χ4v) is 2.09. The zero-order valence-electron chi connectivity index (χ0n) is 7.56. The maximum absolute atomic E-state index is 2.40. The average molecular weight is 156 g/mol. The van der Waals surface area contributed by atoms with Gasteiger partial charge in [-0.1, -0.05) is 34.6 Å². The lowest BCUT2D eigenvalue weighted by Crippen LogP contribution is -2.03. The standard InChI is InChI=1S/C8H14.C2H6.CH4/c1-6-2-3-7-5-8(7)4-6;1-2;/h6-8H,2-5H2,1H3;1-2H3;1H4. The van der Waals surface area contributed by atoms with E-state index in [2.05, 4.69) is 6.92 Å². The molecule has 3 atom stereocenters. The first kappa shape index (κ1) is 11.0. The maximum Gasteiger partial charge on any atom is -0.0380 e. The second-order valence-electron chi connectivity index (χ2n) is 3.67. The Labute approximate surface area is 72.4 Å². The molecule has 0 N–H and O–H groups in total. The lowest BCUT2D eigenvalue weighted by molar-refractivity contribution is 0.368. The molecule has 0 heterocycles. The molecule has 0 aromatic rings. The van der Waals surface area contributed by atoms with Crippen LogP contribution in [-0.2, 0) is 0 Å². The molecule has 0 amide bonds. The Bertz CT molecular complexity index is 96.2. The monoisotopic (exact) mass is 156 g/mol. The molecule has 2 aliphatic carbocycles. The van der Waals surface area contributed by atoms with Crippen molar-refractivity contribution in [2.24, 2.45) is 17.8 Å². The second-order valence-corrected chi connectivity index (χ2v) is 3.67. The highest BCUT2D eigenvalue weighted by Crippen LogP contribution is 2.51. The van der Waals surface area contributed by atoms with Gasteiger partial charge in [-0.15, -0.1) is 0 Å². The molecule has 0 radical (unpaired) electrons. The van der Waals surface area contributed by atoms with E-state index in [0.717, 1.165) is 5.92 Å². The highest BCUT2D eigenvalue weighted by molar-refractivity contribution is 4.91. The normalized spacial score (nSPS) is 39.0. The summed E-state index contributed by atoms with van der Waals surface area (Å²) in [4.78, 5) is 0. The molecule has 2 rings (SSSR count). The maximum atomic E-state index is 2.40. The molecule has 0 saturated heterocycles. The van der Waals surface area contributed by atoms with Crippen LogP contribution in [0.25, 0.3) is 0 Å². The molecular formula is C11H24. The topological polar surface area (TPSA) is 0 Å². The molecule has 3 unspecified atom stereocenters. The highest BCUT2D eigenvalue weighted by Gasteiger charge is 2.40. The van der Waals surface area contributed by atoms with E-state index in [4.69, 9.17) is 0 Å². The van der Waals surface area contributed by atoms with Gasteiger partial charge in [0.2, 0.25) is 0 Å². The van der Waals surface area contributed by atoms with E-state index in [1.165, 1.54) is 18.3 Å². The van der Waals surface area contributed by atoms with Gasteiger partial charge in [0.25, 0.3) is 0 Å². The van der Waals surface area contributed by atoms with E-state index in [9.17, 15) is 0 Å². The third-order valence-electron chi connectivity index (χ3n) is 2.80. The summed E-state index contributed by atoms with van der Waals surface area (Å²) in [7, 11) is 0. The van der Waals surface area contributed by atoms with Crippen molar-refractivity contribution in [3.63, 3.8) is 0 Å². The number of rotatable bonds is 0. The molecule has 0 aliphatic heterocycles. The van der Waals surface area contributed by atoms with E-state index in [1.807, 2.05) is 13.8 Å². The van der Waals surface area contributed by atoms with Gasteiger partial charge >= 0.3 is 0 Å². The molecule has 68 valence electrons. The van der Waals surface area contributed by atoms with Crippen molar-refractivity contribution in [3.8, 4) is 0 Å². The first-order valence-corrected chi connectivity index (χ1v) is 4.86. The minimum Gasteiger partial charge on any atom is -0.0776 e. The van der Waals surface area contributed by atoms with Crippen LogP contribution in [0.4, 0.5) is 0 Å². The number of fused-ring (bicyclic) bond motifs is 1. The van der Waals surface area contributed by atoms with Gasteiger partial charge < -0.3 is 0 Å². The van der Waals surface area contributed by atoms with Gasteiger partial charge in [-0.2, -0.15) is 0 Å². The largest absolute Gasteiger partial charge is 0.0776 e. The Morgan fingerprint density at radius 3 is 2.00 bits per heavy atom. The third-order valence-corrected chi connectivity index (χ3v) is 2.80. The van der Waals surface area contributed by atoms with Crippen LogP contribution in [-0.4, -0.2) is 0 Å². The summed E-state index contributed by atoms with van der Waals surface area (Å²) < 4.78 is 0. The average Bonchev–Trinajstić information content (AvgIpc) is 2.70. The molecule has 2 saturated carbocycles. The van der Waals surface area contributed by atoms with Crippen LogP contribution in [0.15, 0.2) is 0 Å². The van der Waals surface area contributed by atoms with Gasteiger partial charge in [0.15, 0.2) is 0 Å². The summed E-state index contributed by atoms with van der Waals surface area (Å²) in [5.74, 6) is 3.42. The van der Waals surface area contributed by atoms with Crippen LogP contribution >= 0.6 is 0 Å². The fourth-order valence-electron chi connectivity index (χ4n) is 2.09. The van der Waals surface area contributed by atoms with Crippen molar-refractivity contribution >= 4 is 0 Å². The van der Waals surface area contributed by atoms with Crippen molar-refractivity contribution in [2.45, 2.75) is 53.9 Å². The zero-order valence-corrected chi connectivity index (χ0v) is 7.56. The van der Waals surface area contributed by atoms with Crippen LogP contribution in [0.2, 0.25) is 0 Å². The van der Waals surface area contributed by atoms with Crippen molar-refractivity contribution in [3.05, 3.63) is 0 Å². The minimum atomic E-state index is 0. The summed E-state index contributed by atoms with van der Waals surface area (Å²) in [6, 6.07) is 0. The third kappa shape index (κ3) is 2.84. The second kappa shape index (κ2) is 4.79. The van der Waals surface area contributed by atoms with Crippen molar-refractivity contribution in [1.29, 1.82) is 0 Å². The van der Waals surface area contributed by atoms with Crippen LogP contribution < -0.4 is 0 Å². The molecule has 0 heteroatoms. The van der Waals surface area contributed by atoms with Crippen LogP contribution in [0.1, 0.15) is 53.9 Å². The molecule has 0 nitrogen and oxygen atoms in total. The Morgan fingerprint density at radius 1 is 0.909 bits per heavy atom. The predicted octanol–water partition coefficient (Wildman–Crippen LogP) is 4.10. The molecule has 11 heavy (non-hydrogen) atoms. The van der Waals surface area contributed by atoms with Crippen LogP contribution in [0, 0.1) is 17.8 Å². The van der Waals surface area contributed by atoms with E-state index < -0.39 is 0 Å². The zero-order chi connectivity index (χ0) is 7.56. The summed E-state index contributed by atoms with van der Waals surface area (Å²) in [6.07, 6.45) is 6.18. The van der Waals surface area contributed by atoms with E-state index in [1.54, 1.807) is 19.3 Å². The Hall–Kier alpha value is 0. The predicted molar refractivity (Wildman–Crippen MR) is 52.7 cm³/mol. The van der Waals surface area contributed by atoms with E-state index in [-0.39, 0.29) is 7.43 Å². The Balaban J connectivity index is 0.000000311. The summed E-state index contributed by atoms with van der Waals surface area (Å²) >= 11 is 0. The molecule has 0 bridgehead atoms. The van der Waals surface area contributed by atoms with Gasteiger partial charge in [0.05, 0.1) is 0 Å². The summed E-state index contributed by atoms with van der Waals surface area (Å²) in [5, 5.41) is 0. The molecule has 0 aromatic carbocycles. The van der Waals surface area contributed by atoms with Gasteiger partial charge in [0.1, 0.15) is 0 Å². The molecular weight excluding hydrogens is 132 g/mol. The number of hydrogen-bond acceptors (Lipinski definition) is 0. The SMILES string of the molecule is C.CC.CC1CCC2CC2C1. The first-order chi connectivity index (χ1) is 4.86. The molecule has 0 spiro atoms. The lowest BCUT2D eigenvalue weighted by Gasteiger charge is -2.15. The van der Waals surface area contributed by atoms with Gasteiger partial charge in [0, 0.05) is 0 Å². The van der Waals surface area contributed by atoms with E-state index >= 15 is 0 Å². The van der Waals surface area contributed by atoms with Crippen molar-refractivity contribution in [2.75, 3.05) is 0 Å². The van der Waals surface area contributed by atoms with Gasteiger partial charge in [-0.3, -0.25) is 0 Å². The van der Waals surface area contributed by atoms with E-state index in [0.29, 0.717) is 0 Å². The molecule has 2 aliphatic rings. The van der Waals surface area contributed by atoms with Crippen molar-refractivity contribution in [1.82, 2.24) is 0 Å². The summed E-state index contributed by atoms with van der Waals surface area (Å²) in [6.45, 7) is 6.40.